The zero-order chi connectivity index (χ0) is 13.1. The Labute approximate surface area is 106 Å². The largest absolute Gasteiger partial charge is 0.391 e. The molecule has 1 aromatic carbocycles. The Morgan fingerprint density at radius 2 is 2.11 bits per heavy atom. The van der Waals surface area contributed by atoms with Gasteiger partial charge in [0, 0.05) is 6.07 Å². The topological polar surface area (TPSA) is 75.4 Å². The molecule has 18 heavy (non-hydrogen) atoms. The van der Waals surface area contributed by atoms with E-state index in [2.05, 4.69) is 5.32 Å². The summed E-state index contributed by atoms with van der Waals surface area (Å²) >= 11 is 0. The Balaban J connectivity index is 2.20. The zero-order valence-corrected chi connectivity index (χ0v) is 10.4. The number of aliphatic hydroxyl groups excluding tert-OH is 1. The normalized spacial score (nSPS) is 23.7. The second kappa shape index (κ2) is 5.35. The second-order valence-electron chi connectivity index (χ2n) is 4.88. The minimum atomic E-state index is -0.417. The van der Waals surface area contributed by atoms with Crippen molar-refractivity contribution in [3.63, 3.8) is 0 Å². The van der Waals surface area contributed by atoms with Crippen LogP contribution in [0.25, 0.3) is 0 Å². The maximum Gasteiger partial charge on any atom is 0.292 e. The van der Waals surface area contributed by atoms with E-state index in [1.165, 1.54) is 0 Å². The highest BCUT2D eigenvalue weighted by molar-refractivity contribution is 5.63. The van der Waals surface area contributed by atoms with Crippen molar-refractivity contribution in [2.24, 2.45) is 0 Å². The van der Waals surface area contributed by atoms with Crippen LogP contribution in [0.15, 0.2) is 18.2 Å². The van der Waals surface area contributed by atoms with Crippen LogP contribution in [-0.4, -0.2) is 22.2 Å². The molecule has 5 nitrogen and oxygen atoms in total. The summed E-state index contributed by atoms with van der Waals surface area (Å²) in [5.41, 5.74) is 1.43. The number of hydrogen-bond donors (Lipinski definition) is 2. The number of nitro groups is 1. The third kappa shape index (κ3) is 2.79. The minimum Gasteiger partial charge on any atom is -0.391 e. The maximum atomic E-state index is 11.0. The average molecular weight is 250 g/mol. The molecule has 2 unspecified atom stereocenters. The molecule has 0 bridgehead atoms. The summed E-state index contributed by atoms with van der Waals surface area (Å²) < 4.78 is 0. The number of anilines is 1. The van der Waals surface area contributed by atoms with Crippen LogP contribution in [0.4, 0.5) is 11.4 Å². The molecule has 98 valence electrons. The Morgan fingerprint density at radius 3 is 2.78 bits per heavy atom. The molecular formula is C13H18N2O3. The van der Waals surface area contributed by atoms with Crippen molar-refractivity contribution in [2.45, 2.75) is 44.8 Å². The first kappa shape index (κ1) is 12.8. The number of benzene rings is 1. The molecule has 1 aliphatic rings. The number of aliphatic hydroxyl groups is 1. The lowest BCUT2D eigenvalue weighted by atomic mass is 9.92. The lowest BCUT2D eigenvalue weighted by Gasteiger charge is -2.29. The molecule has 1 saturated carbocycles. The van der Waals surface area contributed by atoms with Gasteiger partial charge in [-0.15, -0.1) is 0 Å². The number of nitro benzene ring substituents is 1. The molecule has 2 atom stereocenters. The maximum absolute atomic E-state index is 11.0. The second-order valence-corrected chi connectivity index (χ2v) is 4.88. The highest BCUT2D eigenvalue weighted by atomic mass is 16.6. The third-order valence-electron chi connectivity index (χ3n) is 3.42. The van der Waals surface area contributed by atoms with E-state index in [1.807, 2.05) is 13.0 Å². The van der Waals surface area contributed by atoms with Crippen molar-refractivity contribution in [1.29, 1.82) is 0 Å². The van der Waals surface area contributed by atoms with E-state index in [4.69, 9.17) is 0 Å². The van der Waals surface area contributed by atoms with Crippen molar-refractivity contribution in [1.82, 2.24) is 0 Å². The molecule has 0 amide bonds. The summed E-state index contributed by atoms with van der Waals surface area (Å²) in [5, 5.41) is 24.0. The Morgan fingerprint density at radius 1 is 1.39 bits per heavy atom. The molecule has 2 N–H and O–H groups in total. The standard InChI is InChI=1S/C13H18N2O3/c1-9-6-7-10(12(8-9)15(17)18)14-11-4-2-3-5-13(11)16/h6-8,11,13-14,16H,2-5H2,1H3. The quantitative estimate of drug-likeness (QED) is 0.638. The van der Waals surface area contributed by atoms with Gasteiger partial charge in [0.1, 0.15) is 5.69 Å². The van der Waals surface area contributed by atoms with E-state index < -0.39 is 6.10 Å². The van der Waals surface area contributed by atoms with Crippen molar-refractivity contribution < 1.29 is 10.0 Å². The predicted molar refractivity (Wildman–Crippen MR) is 69.7 cm³/mol. The molecule has 0 radical (unpaired) electrons. The average Bonchev–Trinajstić information content (AvgIpc) is 2.34. The van der Waals surface area contributed by atoms with Crippen molar-refractivity contribution in [2.75, 3.05) is 5.32 Å². The number of hydrogen-bond acceptors (Lipinski definition) is 4. The lowest BCUT2D eigenvalue weighted by Crippen LogP contribution is -2.36. The molecule has 5 heteroatoms. The first-order valence-corrected chi connectivity index (χ1v) is 6.27. The van der Waals surface area contributed by atoms with E-state index in [-0.39, 0.29) is 16.7 Å². The smallest absolute Gasteiger partial charge is 0.292 e. The number of rotatable bonds is 3. The fourth-order valence-electron chi connectivity index (χ4n) is 2.39. The van der Waals surface area contributed by atoms with Gasteiger partial charge in [-0.2, -0.15) is 0 Å². The first-order chi connectivity index (χ1) is 8.58. The monoisotopic (exact) mass is 250 g/mol. The Hall–Kier alpha value is -1.62. The molecule has 2 rings (SSSR count). The van der Waals surface area contributed by atoms with Crippen LogP contribution in [0.2, 0.25) is 0 Å². The fraction of sp³-hybridized carbons (Fsp3) is 0.538. The Bertz CT molecular complexity index is 448. The van der Waals surface area contributed by atoms with Crippen LogP contribution in [-0.2, 0) is 0 Å². The SMILES string of the molecule is Cc1ccc(NC2CCCCC2O)c([N+](=O)[O-])c1. The predicted octanol–water partition coefficient (Wildman–Crippen LogP) is 2.62. The number of nitrogens with zero attached hydrogens (tertiary/aromatic N) is 1. The van der Waals surface area contributed by atoms with Crippen LogP contribution in [0.1, 0.15) is 31.2 Å². The van der Waals surface area contributed by atoms with Gasteiger partial charge in [-0.25, -0.2) is 0 Å². The summed E-state index contributed by atoms with van der Waals surface area (Å²) in [4.78, 5) is 10.6. The molecule has 0 saturated heterocycles. The summed E-state index contributed by atoms with van der Waals surface area (Å²) in [6, 6.07) is 5.02. The summed E-state index contributed by atoms with van der Waals surface area (Å²) in [6.07, 6.45) is 3.27. The van der Waals surface area contributed by atoms with E-state index in [0.717, 1.165) is 31.2 Å². The van der Waals surface area contributed by atoms with Gasteiger partial charge in [0.05, 0.1) is 17.1 Å². The van der Waals surface area contributed by atoms with Gasteiger partial charge in [-0.1, -0.05) is 18.9 Å². The highest BCUT2D eigenvalue weighted by Crippen LogP contribution is 2.29. The van der Waals surface area contributed by atoms with Crippen molar-refractivity contribution in [3.8, 4) is 0 Å². The zero-order valence-electron chi connectivity index (χ0n) is 10.4. The van der Waals surface area contributed by atoms with Crippen LogP contribution >= 0.6 is 0 Å². The molecule has 1 aliphatic carbocycles. The van der Waals surface area contributed by atoms with E-state index in [0.29, 0.717) is 5.69 Å². The third-order valence-corrected chi connectivity index (χ3v) is 3.42. The minimum absolute atomic E-state index is 0.0766. The van der Waals surface area contributed by atoms with Crippen molar-refractivity contribution in [3.05, 3.63) is 33.9 Å². The van der Waals surface area contributed by atoms with Gasteiger partial charge >= 0.3 is 0 Å². The van der Waals surface area contributed by atoms with Crippen LogP contribution < -0.4 is 5.32 Å². The van der Waals surface area contributed by atoms with Crippen molar-refractivity contribution >= 4 is 11.4 Å². The molecule has 0 aliphatic heterocycles. The van der Waals surface area contributed by atoms with Gasteiger partial charge in [-0.05, 0) is 31.4 Å². The molecular weight excluding hydrogens is 232 g/mol. The van der Waals surface area contributed by atoms with Crippen LogP contribution in [0, 0.1) is 17.0 Å². The number of nitrogens with one attached hydrogen (secondary N) is 1. The van der Waals surface area contributed by atoms with Crippen LogP contribution in [0.3, 0.4) is 0 Å². The molecule has 1 aromatic rings. The van der Waals surface area contributed by atoms with Gasteiger partial charge in [0.25, 0.3) is 5.69 Å². The Kier molecular flexibility index (Phi) is 3.81. The molecule has 0 aromatic heterocycles. The fourth-order valence-corrected chi connectivity index (χ4v) is 2.39. The van der Waals surface area contributed by atoms with E-state index in [1.54, 1.807) is 12.1 Å². The van der Waals surface area contributed by atoms with Gasteiger partial charge in [0.15, 0.2) is 0 Å². The van der Waals surface area contributed by atoms with E-state index in [9.17, 15) is 15.2 Å². The highest BCUT2D eigenvalue weighted by Gasteiger charge is 2.25. The lowest BCUT2D eigenvalue weighted by molar-refractivity contribution is -0.384. The summed E-state index contributed by atoms with van der Waals surface area (Å²) in [7, 11) is 0. The van der Waals surface area contributed by atoms with E-state index >= 15 is 0 Å². The van der Waals surface area contributed by atoms with Gasteiger partial charge in [-0.3, -0.25) is 10.1 Å². The van der Waals surface area contributed by atoms with Gasteiger partial charge in [0.2, 0.25) is 0 Å². The summed E-state index contributed by atoms with van der Waals surface area (Å²) in [5.74, 6) is 0. The van der Waals surface area contributed by atoms with Gasteiger partial charge < -0.3 is 10.4 Å². The molecule has 0 heterocycles. The number of aryl methyl sites for hydroxylation is 1. The first-order valence-electron chi connectivity index (χ1n) is 6.27. The van der Waals surface area contributed by atoms with Crippen LogP contribution in [0.5, 0.6) is 0 Å². The summed E-state index contributed by atoms with van der Waals surface area (Å²) in [6.45, 7) is 1.83. The molecule has 1 fully saturated rings. The molecule has 0 spiro atoms.